The lowest BCUT2D eigenvalue weighted by atomic mass is 10.1. The molecule has 0 aliphatic heterocycles. The van der Waals surface area contributed by atoms with Crippen LogP contribution in [0.15, 0.2) is 18.6 Å². The number of hydrogen-bond donors (Lipinski definition) is 1. The van der Waals surface area contributed by atoms with Gasteiger partial charge >= 0.3 is 0 Å². The van der Waals surface area contributed by atoms with E-state index in [0.717, 1.165) is 17.8 Å². The number of aryl methyl sites for hydroxylation is 1. The molecule has 2 aromatic heterocycles. The summed E-state index contributed by atoms with van der Waals surface area (Å²) in [5.41, 5.74) is 8.40. The minimum Gasteiger partial charge on any atom is -0.396 e. The van der Waals surface area contributed by atoms with E-state index in [2.05, 4.69) is 31.0 Å². The summed E-state index contributed by atoms with van der Waals surface area (Å²) < 4.78 is 3.76. The van der Waals surface area contributed by atoms with Crippen LogP contribution >= 0.6 is 0 Å². The second-order valence-electron chi connectivity index (χ2n) is 5.13. The molecule has 2 rings (SSSR count). The molecule has 2 N–H and O–H groups in total. The van der Waals surface area contributed by atoms with Gasteiger partial charge in [0, 0.05) is 24.5 Å². The first-order chi connectivity index (χ1) is 7.91. The molecule has 0 aliphatic rings. The Balaban J connectivity index is 2.42. The molecule has 2 heterocycles. The van der Waals surface area contributed by atoms with E-state index in [1.807, 2.05) is 28.7 Å². The molecule has 0 spiro atoms. The fourth-order valence-corrected chi connectivity index (χ4v) is 1.61. The minimum absolute atomic E-state index is 0.0624. The summed E-state index contributed by atoms with van der Waals surface area (Å²) in [6.45, 7) is 9.18. The molecule has 0 saturated carbocycles. The summed E-state index contributed by atoms with van der Waals surface area (Å²) in [4.78, 5) is 0. The molecule has 0 saturated heterocycles. The fourth-order valence-electron chi connectivity index (χ4n) is 1.61. The summed E-state index contributed by atoms with van der Waals surface area (Å²) in [6.07, 6.45) is 5.64. The maximum Gasteiger partial charge on any atom is 0.118 e. The average Bonchev–Trinajstić information content (AvgIpc) is 2.82. The molecule has 5 nitrogen and oxygen atoms in total. The van der Waals surface area contributed by atoms with Crippen LogP contribution in [-0.2, 0) is 12.1 Å². The third kappa shape index (κ3) is 2.18. The molecule has 0 unspecified atom stereocenters. The van der Waals surface area contributed by atoms with E-state index in [4.69, 9.17) is 5.73 Å². The maximum atomic E-state index is 6.00. The Morgan fingerprint density at radius 2 is 2.00 bits per heavy atom. The summed E-state index contributed by atoms with van der Waals surface area (Å²) >= 11 is 0. The van der Waals surface area contributed by atoms with Gasteiger partial charge in [-0.15, -0.1) is 0 Å². The first kappa shape index (κ1) is 11.7. The predicted molar refractivity (Wildman–Crippen MR) is 68.5 cm³/mol. The Morgan fingerprint density at radius 1 is 1.29 bits per heavy atom. The van der Waals surface area contributed by atoms with Gasteiger partial charge in [0.15, 0.2) is 0 Å². The Labute approximate surface area is 101 Å². The van der Waals surface area contributed by atoms with Gasteiger partial charge in [0.05, 0.1) is 17.4 Å². The maximum absolute atomic E-state index is 6.00. The lowest BCUT2D eigenvalue weighted by Crippen LogP contribution is -2.22. The van der Waals surface area contributed by atoms with E-state index in [1.54, 1.807) is 6.20 Å². The van der Waals surface area contributed by atoms with Crippen molar-refractivity contribution in [3.8, 4) is 11.3 Å². The van der Waals surface area contributed by atoms with Crippen molar-refractivity contribution >= 4 is 5.69 Å². The van der Waals surface area contributed by atoms with E-state index >= 15 is 0 Å². The third-order valence-corrected chi connectivity index (χ3v) is 2.66. The van der Waals surface area contributed by atoms with Crippen molar-refractivity contribution in [2.24, 2.45) is 0 Å². The van der Waals surface area contributed by atoms with Gasteiger partial charge in [-0.05, 0) is 27.7 Å². The van der Waals surface area contributed by atoms with Crippen LogP contribution < -0.4 is 5.73 Å². The van der Waals surface area contributed by atoms with Crippen molar-refractivity contribution in [3.63, 3.8) is 0 Å². The van der Waals surface area contributed by atoms with Gasteiger partial charge in [-0.25, -0.2) is 0 Å². The summed E-state index contributed by atoms with van der Waals surface area (Å²) in [5, 5.41) is 8.77. The second-order valence-corrected chi connectivity index (χ2v) is 5.13. The van der Waals surface area contributed by atoms with Gasteiger partial charge in [0.25, 0.3) is 0 Å². The monoisotopic (exact) mass is 233 g/mol. The van der Waals surface area contributed by atoms with Gasteiger partial charge in [0.1, 0.15) is 5.69 Å². The first-order valence-electron chi connectivity index (χ1n) is 5.80. The van der Waals surface area contributed by atoms with E-state index in [1.165, 1.54) is 0 Å². The molecule has 0 amide bonds. The van der Waals surface area contributed by atoms with Gasteiger partial charge in [-0.1, -0.05) is 0 Å². The smallest absolute Gasteiger partial charge is 0.118 e. The summed E-state index contributed by atoms with van der Waals surface area (Å²) in [6, 6.07) is 0. The molecule has 0 bridgehead atoms. The quantitative estimate of drug-likeness (QED) is 0.864. The molecular weight excluding hydrogens is 214 g/mol. The topological polar surface area (TPSA) is 61.7 Å². The van der Waals surface area contributed by atoms with Gasteiger partial charge in [-0.2, -0.15) is 10.2 Å². The van der Waals surface area contributed by atoms with Crippen LogP contribution in [0.2, 0.25) is 0 Å². The zero-order valence-corrected chi connectivity index (χ0v) is 10.8. The van der Waals surface area contributed by atoms with Crippen LogP contribution in [0.1, 0.15) is 27.7 Å². The number of nitrogens with two attached hydrogens (primary N) is 1. The molecule has 0 aliphatic carbocycles. The van der Waals surface area contributed by atoms with Gasteiger partial charge in [-0.3, -0.25) is 9.36 Å². The van der Waals surface area contributed by atoms with Crippen LogP contribution in [0.4, 0.5) is 5.69 Å². The zero-order chi connectivity index (χ0) is 12.6. The van der Waals surface area contributed by atoms with Gasteiger partial charge < -0.3 is 5.73 Å². The van der Waals surface area contributed by atoms with Crippen LogP contribution in [0, 0.1) is 0 Å². The van der Waals surface area contributed by atoms with Crippen molar-refractivity contribution in [3.05, 3.63) is 18.6 Å². The predicted octanol–water partition coefficient (Wildman–Crippen LogP) is 2.10. The second kappa shape index (κ2) is 3.91. The molecule has 92 valence electrons. The lowest BCUT2D eigenvalue weighted by Gasteiger charge is -2.18. The van der Waals surface area contributed by atoms with E-state index in [-0.39, 0.29) is 5.54 Å². The first-order valence-corrected chi connectivity index (χ1v) is 5.80. The largest absolute Gasteiger partial charge is 0.396 e. The summed E-state index contributed by atoms with van der Waals surface area (Å²) in [7, 11) is 0. The van der Waals surface area contributed by atoms with Crippen LogP contribution in [0.5, 0.6) is 0 Å². The number of aromatic nitrogens is 4. The molecule has 0 atom stereocenters. The van der Waals surface area contributed by atoms with Crippen molar-refractivity contribution in [1.29, 1.82) is 0 Å². The molecule has 0 aromatic carbocycles. The van der Waals surface area contributed by atoms with E-state index in [0.29, 0.717) is 5.69 Å². The Morgan fingerprint density at radius 3 is 2.47 bits per heavy atom. The minimum atomic E-state index is -0.0624. The lowest BCUT2D eigenvalue weighted by molar-refractivity contribution is 0.356. The number of hydrogen-bond acceptors (Lipinski definition) is 3. The van der Waals surface area contributed by atoms with Crippen LogP contribution in [-0.4, -0.2) is 19.6 Å². The highest BCUT2D eigenvalue weighted by Gasteiger charge is 2.18. The van der Waals surface area contributed by atoms with E-state index < -0.39 is 0 Å². The zero-order valence-electron chi connectivity index (χ0n) is 10.8. The Hall–Kier alpha value is -1.78. The molecule has 5 heteroatoms. The Bertz CT molecular complexity index is 515. The SMILES string of the molecule is CCn1cc(-c2nn(C(C)(C)C)cc2N)cn1. The van der Waals surface area contributed by atoms with Crippen molar-refractivity contribution in [2.75, 3.05) is 5.73 Å². The standard InChI is InChI=1S/C12H19N5/c1-5-16-7-9(6-14-16)11-10(13)8-17(15-11)12(2,3)4/h6-8H,5,13H2,1-4H3. The molecular formula is C12H19N5. The molecule has 17 heavy (non-hydrogen) atoms. The third-order valence-electron chi connectivity index (χ3n) is 2.66. The fraction of sp³-hybridized carbons (Fsp3) is 0.500. The van der Waals surface area contributed by atoms with Gasteiger partial charge in [0.2, 0.25) is 0 Å². The van der Waals surface area contributed by atoms with Crippen molar-refractivity contribution < 1.29 is 0 Å². The molecule has 0 fully saturated rings. The number of nitrogens with zero attached hydrogens (tertiary/aromatic N) is 4. The number of nitrogen functional groups attached to an aromatic ring is 1. The number of anilines is 1. The van der Waals surface area contributed by atoms with Crippen LogP contribution in [0.25, 0.3) is 11.3 Å². The highest BCUT2D eigenvalue weighted by molar-refractivity contribution is 5.70. The number of rotatable bonds is 2. The Kier molecular flexibility index (Phi) is 2.69. The highest BCUT2D eigenvalue weighted by Crippen LogP contribution is 2.26. The molecule has 2 aromatic rings. The average molecular weight is 233 g/mol. The van der Waals surface area contributed by atoms with E-state index in [9.17, 15) is 0 Å². The van der Waals surface area contributed by atoms with Crippen molar-refractivity contribution in [1.82, 2.24) is 19.6 Å². The summed E-state index contributed by atoms with van der Waals surface area (Å²) in [5.74, 6) is 0. The van der Waals surface area contributed by atoms with Crippen molar-refractivity contribution in [2.45, 2.75) is 39.8 Å². The highest BCUT2D eigenvalue weighted by atomic mass is 15.3. The normalized spacial score (nSPS) is 12.0. The van der Waals surface area contributed by atoms with Crippen LogP contribution in [0.3, 0.4) is 0 Å². The molecule has 0 radical (unpaired) electrons.